The Balaban J connectivity index is 0.00000112. The van der Waals surface area contributed by atoms with Gasteiger partial charge in [-0.1, -0.05) is 6.58 Å². The molecule has 0 aromatic rings. The highest BCUT2D eigenvalue weighted by molar-refractivity contribution is 8.00. The summed E-state index contributed by atoms with van der Waals surface area (Å²) in [7, 11) is 0. The van der Waals surface area contributed by atoms with Crippen LogP contribution in [0.4, 0.5) is 0 Å². The molecule has 5 nitrogen and oxygen atoms in total. The summed E-state index contributed by atoms with van der Waals surface area (Å²) < 4.78 is 0. The van der Waals surface area contributed by atoms with Crippen LogP contribution < -0.4 is 5.73 Å². The van der Waals surface area contributed by atoms with Gasteiger partial charge in [0.1, 0.15) is 11.4 Å². The van der Waals surface area contributed by atoms with Gasteiger partial charge in [-0.2, -0.15) is 0 Å². The van der Waals surface area contributed by atoms with Crippen LogP contribution in [0.1, 0.15) is 0 Å². The van der Waals surface area contributed by atoms with Crippen LogP contribution in [0.5, 0.6) is 0 Å². The van der Waals surface area contributed by atoms with Crippen molar-refractivity contribution in [3.63, 3.8) is 0 Å². The van der Waals surface area contributed by atoms with Gasteiger partial charge in [0.05, 0.1) is 0 Å². The molecular weight excluding hydrogens is 240 g/mol. The first kappa shape index (κ1) is 12.4. The second-order valence-electron chi connectivity index (χ2n) is 3.37. The second kappa shape index (κ2) is 4.03. The highest BCUT2D eigenvalue weighted by Gasteiger charge is 2.53. The first-order valence-electron chi connectivity index (χ1n) is 4.14. The number of halogens is 1. The Morgan fingerprint density at radius 2 is 2.27 bits per heavy atom. The second-order valence-corrected chi connectivity index (χ2v) is 4.48. The van der Waals surface area contributed by atoms with Gasteiger partial charge in [0.15, 0.2) is 6.04 Å². The molecule has 0 spiro atoms. The van der Waals surface area contributed by atoms with Crippen molar-refractivity contribution in [1.29, 1.82) is 0 Å². The normalized spacial score (nSPS) is 33.9. The van der Waals surface area contributed by atoms with E-state index in [1.165, 1.54) is 16.7 Å². The third-order valence-electron chi connectivity index (χ3n) is 2.46. The zero-order chi connectivity index (χ0) is 10.5. The smallest absolute Gasteiger partial charge is 0.330 e. The molecule has 15 heavy (non-hydrogen) atoms. The number of thioether (sulfide) groups is 1. The Kier molecular flexibility index (Phi) is 3.32. The molecule has 0 bridgehead atoms. The molecule has 2 unspecified atom stereocenters. The summed E-state index contributed by atoms with van der Waals surface area (Å²) in [5.74, 6) is -0.768. The lowest BCUT2D eigenvalue weighted by Crippen LogP contribution is -2.73. The number of hydrogen-bond acceptors (Lipinski definition) is 4. The summed E-state index contributed by atoms with van der Waals surface area (Å²) in [6.45, 7) is 3.66. The molecule has 3 N–H and O–H groups in total. The van der Waals surface area contributed by atoms with Gasteiger partial charge in [0.25, 0.3) is 0 Å². The van der Waals surface area contributed by atoms with E-state index >= 15 is 0 Å². The van der Waals surface area contributed by atoms with Gasteiger partial charge in [-0.3, -0.25) is 4.79 Å². The number of aliphatic carboxylic acids is 1. The quantitative estimate of drug-likeness (QED) is 0.491. The zero-order valence-corrected chi connectivity index (χ0v) is 9.38. The van der Waals surface area contributed by atoms with Crippen LogP contribution in [0.3, 0.4) is 0 Å². The number of carboxylic acid groups (broad SMARTS) is 1. The minimum absolute atomic E-state index is 0. The molecule has 0 aromatic heterocycles. The van der Waals surface area contributed by atoms with Crippen molar-refractivity contribution in [1.82, 2.24) is 4.90 Å². The van der Waals surface area contributed by atoms with Crippen molar-refractivity contribution in [2.75, 3.05) is 5.75 Å². The Labute approximate surface area is 97.1 Å². The number of nitrogens with two attached hydrogens (primary N) is 1. The molecule has 3 atom stereocenters. The van der Waals surface area contributed by atoms with Crippen LogP contribution in [0.25, 0.3) is 0 Å². The molecule has 2 saturated heterocycles. The van der Waals surface area contributed by atoms with E-state index in [0.29, 0.717) is 11.3 Å². The average Bonchev–Trinajstić information content (AvgIpc) is 2.15. The number of amides is 1. The lowest BCUT2D eigenvalue weighted by molar-refractivity contribution is -0.158. The molecule has 2 fully saturated rings. The van der Waals surface area contributed by atoms with E-state index in [0.717, 1.165) is 0 Å². The molecule has 2 heterocycles. The number of hydrogen-bond donors (Lipinski definition) is 2. The Bertz CT molecular complexity index is 336. The zero-order valence-electron chi connectivity index (χ0n) is 7.75. The number of rotatable bonds is 1. The van der Waals surface area contributed by atoms with E-state index in [2.05, 4.69) is 6.58 Å². The van der Waals surface area contributed by atoms with E-state index in [9.17, 15) is 9.59 Å². The SMILES string of the molecule is C=C1CS[C@H]2C(N)C(=O)N2C1C(=O)O.Cl. The number of nitrogens with zero attached hydrogens (tertiary/aromatic N) is 1. The van der Waals surface area contributed by atoms with Crippen LogP contribution in [0.2, 0.25) is 0 Å². The predicted octanol–water partition coefficient (Wildman–Crippen LogP) is -0.340. The first-order chi connectivity index (χ1) is 6.54. The summed E-state index contributed by atoms with van der Waals surface area (Å²) in [5.41, 5.74) is 6.10. The topological polar surface area (TPSA) is 83.6 Å². The third-order valence-corrected chi connectivity index (χ3v) is 3.86. The molecule has 2 aliphatic rings. The van der Waals surface area contributed by atoms with Crippen LogP contribution in [-0.4, -0.2) is 45.1 Å². The van der Waals surface area contributed by atoms with Gasteiger partial charge in [0.2, 0.25) is 5.91 Å². The Morgan fingerprint density at radius 1 is 1.67 bits per heavy atom. The van der Waals surface area contributed by atoms with Crippen LogP contribution >= 0.6 is 24.2 Å². The summed E-state index contributed by atoms with van der Waals surface area (Å²) >= 11 is 1.47. The van der Waals surface area contributed by atoms with E-state index in [-0.39, 0.29) is 23.7 Å². The standard InChI is InChI=1S/C8H10N2O3S.ClH/c1-3-2-14-7-4(9)6(11)10(7)5(3)8(12)13;/h4-5,7H,1-2,9H2,(H,12,13);1H/t4?,5?,7-;/m0./s1. The maximum Gasteiger partial charge on any atom is 0.330 e. The summed E-state index contributed by atoms with van der Waals surface area (Å²) in [6, 6.07) is -1.43. The molecule has 2 rings (SSSR count). The predicted molar refractivity (Wildman–Crippen MR) is 58.9 cm³/mol. The fourth-order valence-corrected chi connectivity index (χ4v) is 2.98. The number of carboxylic acids is 1. The number of carbonyl (C=O) groups is 2. The van der Waals surface area contributed by atoms with Crippen LogP contribution in [0, 0.1) is 0 Å². The third kappa shape index (κ3) is 1.62. The van der Waals surface area contributed by atoms with Crippen molar-refractivity contribution in [3.8, 4) is 0 Å². The van der Waals surface area contributed by atoms with Crippen molar-refractivity contribution in [2.45, 2.75) is 17.5 Å². The maximum absolute atomic E-state index is 11.3. The van der Waals surface area contributed by atoms with Gasteiger partial charge in [-0.15, -0.1) is 24.2 Å². The van der Waals surface area contributed by atoms with Crippen molar-refractivity contribution in [3.05, 3.63) is 12.2 Å². The fourth-order valence-electron chi connectivity index (χ4n) is 1.73. The number of carbonyl (C=O) groups excluding carboxylic acids is 1. The molecule has 1 amide bonds. The van der Waals surface area contributed by atoms with Gasteiger partial charge < -0.3 is 15.7 Å². The summed E-state index contributed by atoms with van der Waals surface area (Å²) in [4.78, 5) is 23.6. The largest absolute Gasteiger partial charge is 0.479 e. The Morgan fingerprint density at radius 3 is 2.80 bits per heavy atom. The molecule has 0 saturated carbocycles. The van der Waals surface area contributed by atoms with Crippen LogP contribution in [0.15, 0.2) is 12.2 Å². The molecule has 0 aromatic carbocycles. The lowest BCUT2D eigenvalue weighted by Gasteiger charge is -2.51. The van der Waals surface area contributed by atoms with E-state index in [1.54, 1.807) is 0 Å². The van der Waals surface area contributed by atoms with Crippen LogP contribution in [-0.2, 0) is 9.59 Å². The minimum Gasteiger partial charge on any atom is -0.479 e. The molecule has 0 radical (unpaired) electrons. The molecule has 2 aliphatic heterocycles. The summed E-state index contributed by atoms with van der Waals surface area (Å²) in [6.07, 6.45) is 0. The highest BCUT2D eigenvalue weighted by Crippen LogP contribution is 2.38. The molecule has 0 aliphatic carbocycles. The fraction of sp³-hybridized carbons (Fsp3) is 0.500. The van der Waals surface area contributed by atoms with Crippen molar-refractivity contribution >= 4 is 36.0 Å². The van der Waals surface area contributed by atoms with E-state index in [4.69, 9.17) is 10.8 Å². The van der Waals surface area contributed by atoms with Gasteiger partial charge in [-0.05, 0) is 5.57 Å². The van der Waals surface area contributed by atoms with Gasteiger partial charge >= 0.3 is 5.97 Å². The minimum atomic E-state index is -1.03. The number of fused-ring (bicyclic) bond motifs is 1. The monoisotopic (exact) mass is 250 g/mol. The Hall–Kier alpha value is -0.720. The number of β-lactam (4-membered cyclic amide) rings is 1. The lowest BCUT2D eigenvalue weighted by atomic mass is 9.99. The molecular formula is C8H11ClN2O3S. The maximum atomic E-state index is 11.3. The van der Waals surface area contributed by atoms with Gasteiger partial charge in [0, 0.05) is 5.75 Å². The average molecular weight is 251 g/mol. The first-order valence-corrected chi connectivity index (χ1v) is 5.18. The van der Waals surface area contributed by atoms with Crippen molar-refractivity contribution < 1.29 is 14.7 Å². The van der Waals surface area contributed by atoms with E-state index in [1.807, 2.05) is 0 Å². The van der Waals surface area contributed by atoms with E-state index < -0.39 is 18.1 Å². The molecule has 84 valence electrons. The van der Waals surface area contributed by atoms with Crippen molar-refractivity contribution in [2.24, 2.45) is 5.73 Å². The molecule has 7 heteroatoms. The highest BCUT2D eigenvalue weighted by atomic mass is 35.5. The summed E-state index contributed by atoms with van der Waals surface area (Å²) in [5, 5.41) is 8.74. The van der Waals surface area contributed by atoms with Gasteiger partial charge in [-0.25, -0.2) is 4.79 Å².